The molecule has 0 aliphatic rings. The van der Waals surface area contributed by atoms with E-state index in [4.69, 9.17) is 10.5 Å². The standard InChI is InChI=1S/C16H27NO/c1-4-5-6-7-8-11-18-16-10-9-15(14(3)17)12-13(16)2/h9-10,12,14H,4-8,11,17H2,1-3H3/t14-/m0/s1. The van der Waals surface area contributed by atoms with Gasteiger partial charge >= 0.3 is 0 Å². The van der Waals surface area contributed by atoms with Crippen LogP contribution in [-0.4, -0.2) is 6.61 Å². The van der Waals surface area contributed by atoms with Crippen molar-refractivity contribution >= 4 is 0 Å². The number of unbranched alkanes of at least 4 members (excludes halogenated alkanes) is 4. The molecule has 1 atom stereocenters. The summed E-state index contributed by atoms with van der Waals surface area (Å²) in [7, 11) is 0. The molecule has 0 bridgehead atoms. The van der Waals surface area contributed by atoms with Crippen molar-refractivity contribution in [2.24, 2.45) is 5.73 Å². The Labute approximate surface area is 112 Å². The summed E-state index contributed by atoms with van der Waals surface area (Å²) in [4.78, 5) is 0. The monoisotopic (exact) mass is 249 g/mol. The van der Waals surface area contributed by atoms with Crippen LogP contribution in [0.15, 0.2) is 18.2 Å². The van der Waals surface area contributed by atoms with E-state index in [0.717, 1.165) is 18.8 Å². The van der Waals surface area contributed by atoms with Gasteiger partial charge in [-0.15, -0.1) is 0 Å². The molecule has 0 amide bonds. The minimum Gasteiger partial charge on any atom is -0.493 e. The predicted molar refractivity (Wildman–Crippen MR) is 78.0 cm³/mol. The average Bonchev–Trinajstić information content (AvgIpc) is 2.35. The van der Waals surface area contributed by atoms with Gasteiger partial charge < -0.3 is 10.5 Å². The van der Waals surface area contributed by atoms with Crippen LogP contribution in [0.2, 0.25) is 0 Å². The van der Waals surface area contributed by atoms with Gasteiger partial charge in [0.05, 0.1) is 6.61 Å². The Hall–Kier alpha value is -1.02. The first-order chi connectivity index (χ1) is 8.65. The quantitative estimate of drug-likeness (QED) is 0.695. The van der Waals surface area contributed by atoms with Gasteiger partial charge in [-0.3, -0.25) is 0 Å². The van der Waals surface area contributed by atoms with Crippen LogP contribution in [0, 0.1) is 6.92 Å². The lowest BCUT2D eigenvalue weighted by molar-refractivity contribution is 0.302. The summed E-state index contributed by atoms with van der Waals surface area (Å²) in [6, 6.07) is 6.31. The molecule has 0 heterocycles. The number of nitrogens with two attached hydrogens (primary N) is 1. The number of hydrogen-bond acceptors (Lipinski definition) is 2. The first-order valence-electron chi connectivity index (χ1n) is 7.14. The highest BCUT2D eigenvalue weighted by Crippen LogP contribution is 2.22. The molecule has 1 aromatic carbocycles. The van der Waals surface area contributed by atoms with E-state index >= 15 is 0 Å². The molecule has 0 aromatic heterocycles. The SMILES string of the molecule is CCCCCCCOc1ccc([C@H](C)N)cc1C. The van der Waals surface area contributed by atoms with E-state index in [1.165, 1.54) is 36.8 Å². The summed E-state index contributed by atoms with van der Waals surface area (Å²) < 4.78 is 5.81. The molecule has 0 spiro atoms. The summed E-state index contributed by atoms with van der Waals surface area (Å²) in [6.07, 6.45) is 6.36. The van der Waals surface area contributed by atoms with E-state index in [2.05, 4.69) is 26.0 Å². The second-order valence-electron chi connectivity index (χ2n) is 5.08. The van der Waals surface area contributed by atoms with Crippen molar-refractivity contribution in [1.82, 2.24) is 0 Å². The molecule has 0 saturated carbocycles. The Kier molecular flexibility index (Phi) is 6.81. The molecule has 2 nitrogen and oxygen atoms in total. The summed E-state index contributed by atoms with van der Waals surface area (Å²) >= 11 is 0. The number of ether oxygens (including phenoxy) is 1. The number of rotatable bonds is 8. The van der Waals surface area contributed by atoms with Gasteiger partial charge in [-0.25, -0.2) is 0 Å². The second kappa shape index (κ2) is 8.15. The molecule has 102 valence electrons. The summed E-state index contributed by atoms with van der Waals surface area (Å²) in [5.74, 6) is 0.995. The molecule has 0 aliphatic carbocycles. The molecule has 1 rings (SSSR count). The van der Waals surface area contributed by atoms with Crippen LogP contribution in [0.5, 0.6) is 5.75 Å². The third-order valence-electron chi connectivity index (χ3n) is 3.23. The average molecular weight is 249 g/mol. The largest absolute Gasteiger partial charge is 0.493 e. The maximum Gasteiger partial charge on any atom is 0.122 e. The molecule has 0 saturated heterocycles. The maximum absolute atomic E-state index is 5.86. The molecular weight excluding hydrogens is 222 g/mol. The fourth-order valence-corrected chi connectivity index (χ4v) is 2.01. The van der Waals surface area contributed by atoms with Crippen LogP contribution >= 0.6 is 0 Å². The summed E-state index contributed by atoms with van der Waals surface area (Å²) in [6.45, 7) is 7.14. The Bertz CT molecular complexity index is 347. The van der Waals surface area contributed by atoms with E-state index in [1.54, 1.807) is 0 Å². The van der Waals surface area contributed by atoms with E-state index in [1.807, 2.05) is 13.0 Å². The van der Waals surface area contributed by atoms with Crippen LogP contribution in [0.1, 0.15) is 63.1 Å². The molecule has 1 aromatic rings. The third kappa shape index (κ3) is 5.09. The van der Waals surface area contributed by atoms with Gasteiger partial charge in [0.25, 0.3) is 0 Å². The number of hydrogen-bond donors (Lipinski definition) is 1. The van der Waals surface area contributed by atoms with Gasteiger partial charge in [0.2, 0.25) is 0 Å². The van der Waals surface area contributed by atoms with Crippen molar-refractivity contribution in [2.75, 3.05) is 6.61 Å². The highest BCUT2D eigenvalue weighted by Gasteiger charge is 2.04. The highest BCUT2D eigenvalue weighted by molar-refractivity contribution is 5.37. The zero-order chi connectivity index (χ0) is 13.4. The van der Waals surface area contributed by atoms with Crippen molar-refractivity contribution in [1.29, 1.82) is 0 Å². The number of benzene rings is 1. The van der Waals surface area contributed by atoms with Gasteiger partial charge in [0.15, 0.2) is 0 Å². The molecule has 2 N–H and O–H groups in total. The van der Waals surface area contributed by atoms with E-state index in [0.29, 0.717) is 0 Å². The van der Waals surface area contributed by atoms with Gasteiger partial charge in [-0.05, 0) is 37.5 Å². The van der Waals surface area contributed by atoms with Crippen molar-refractivity contribution in [3.63, 3.8) is 0 Å². The third-order valence-corrected chi connectivity index (χ3v) is 3.23. The smallest absolute Gasteiger partial charge is 0.122 e. The van der Waals surface area contributed by atoms with Crippen molar-refractivity contribution in [3.05, 3.63) is 29.3 Å². The minimum atomic E-state index is 0.0896. The molecule has 0 radical (unpaired) electrons. The lowest BCUT2D eigenvalue weighted by Gasteiger charge is -2.12. The summed E-state index contributed by atoms with van der Waals surface area (Å²) in [5.41, 5.74) is 8.21. The lowest BCUT2D eigenvalue weighted by atomic mass is 10.1. The first kappa shape index (κ1) is 15.0. The number of aryl methyl sites for hydroxylation is 1. The molecule has 0 unspecified atom stereocenters. The van der Waals surface area contributed by atoms with E-state index in [9.17, 15) is 0 Å². The highest BCUT2D eigenvalue weighted by atomic mass is 16.5. The van der Waals surface area contributed by atoms with E-state index in [-0.39, 0.29) is 6.04 Å². The van der Waals surface area contributed by atoms with Gasteiger partial charge in [0, 0.05) is 6.04 Å². The lowest BCUT2D eigenvalue weighted by Crippen LogP contribution is -2.06. The Balaban J connectivity index is 2.34. The fourth-order valence-electron chi connectivity index (χ4n) is 2.01. The van der Waals surface area contributed by atoms with Gasteiger partial charge in [-0.1, -0.05) is 44.7 Å². The maximum atomic E-state index is 5.86. The Morgan fingerprint density at radius 3 is 2.50 bits per heavy atom. The molecule has 18 heavy (non-hydrogen) atoms. The van der Waals surface area contributed by atoms with Crippen molar-refractivity contribution < 1.29 is 4.74 Å². The molecule has 2 heteroatoms. The van der Waals surface area contributed by atoms with Crippen LogP contribution in [0.3, 0.4) is 0 Å². The molecular formula is C16H27NO. The molecule has 0 fully saturated rings. The van der Waals surface area contributed by atoms with Crippen molar-refractivity contribution in [2.45, 2.75) is 58.9 Å². The topological polar surface area (TPSA) is 35.2 Å². The van der Waals surface area contributed by atoms with Crippen molar-refractivity contribution in [3.8, 4) is 5.75 Å². The van der Waals surface area contributed by atoms with Gasteiger partial charge in [0.1, 0.15) is 5.75 Å². The van der Waals surface area contributed by atoms with Crippen LogP contribution in [0.25, 0.3) is 0 Å². The zero-order valence-corrected chi connectivity index (χ0v) is 12.0. The first-order valence-corrected chi connectivity index (χ1v) is 7.14. The normalized spacial score (nSPS) is 12.4. The zero-order valence-electron chi connectivity index (χ0n) is 12.0. The van der Waals surface area contributed by atoms with Crippen LogP contribution < -0.4 is 10.5 Å². The van der Waals surface area contributed by atoms with Crippen LogP contribution in [0.4, 0.5) is 0 Å². The second-order valence-corrected chi connectivity index (χ2v) is 5.08. The van der Waals surface area contributed by atoms with Gasteiger partial charge in [-0.2, -0.15) is 0 Å². The van der Waals surface area contributed by atoms with E-state index < -0.39 is 0 Å². The minimum absolute atomic E-state index is 0.0896. The predicted octanol–water partition coefficient (Wildman–Crippen LogP) is 4.36. The summed E-state index contributed by atoms with van der Waals surface area (Å²) in [5, 5.41) is 0. The Morgan fingerprint density at radius 1 is 1.17 bits per heavy atom. The Morgan fingerprint density at radius 2 is 1.89 bits per heavy atom. The molecule has 0 aliphatic heterocycles. The van der Waals surface area contributed by atoms with Crippen LogP contribution in [-0.2, 0) is 0 Å². The fraction of sp³-hybridized carbons (Fsp3) is 0.625.